The molecule has 2 aromatic carbocycles. The van der Waals surface area contributed by atoms with Gasteiger partial charge in [-0.05, 0) is 72.6 Å². The Labute approximate surface area is 197 Å². The third kappa shape index (κ3) is 5.54. The largest absolute Gasteiger partial charge is 0.497 e. The number of carbonyl (C=O) groups is 2. The minimum atomic E-state index is -4.49. The summed E-state index contributed by atoms with van der Waals surface area (Å²) in [5.41, 5.74) is 1.86. The topological polar surface area (TPSA) is 58.6 Å². The fourth-order valence-electron chi connectivity index (χ4n) is 4.99. The summed E-state index contributed by atoms with van der Waals surface area (Å²) in [5, 5.41) is 2.94. The molecule has 5 nitrogen and oxygen atoms in total. The summed E-state index contributed by atoms with van der Waals surface area (Å²) in [4.78, 5) is 26.9. The summed E-state index contributed by atoms with van der Waals surface area (Å²) in [7, 11) is 1.62. The van der Waals surface area contributed by atoms with Crippen LogP contribution < -0.4 is 10.1 Å². The number of nitrogens with zero attached hydrogens (tertiary/aromatic N) is 1. The highest BCUT2D eigenvalue weighted by Crippen LogP contribution is 2.36. The second-order valence-corrected chi connectivity index (χ2v) is 9.04. The second-order valence-electron chi connectivity index (χ2n) is 9.04. The minimum Gasteiger partial charge on any atom is -0.497 e. The van der Waals surface area contributed by atoms with Crippen LogP contribution in [0, 0.1) is 0 Å². The molecule has 1 heterocycles. The number of carbonyl (C=O) groups excluding carboxylic acids is 2. The highest BCUT2D eigenvalue weighted by molar-refractivity contribution is 5.79. The smallest absolute Gasteiger partial charge is 0.416 e. The van der Waals surface area contributed by atoms with E-state index in [1.54, 1.807) is 18.1 Å². The molecule has 2 aromatic rings. The molecule has 1 saturated heterocycles. The first-order valence-corrected chi connectivity index (χ1v) is 11.7. The molecule has 2 amide bonds. The fraction of sp³-hybridized carbons (Fsp3) is 0.462. The molecular formula is C26H29F3N2O3. The number of methoxy groups -OCH3 is 1. The van der Waals surface area contributed by atoms with Crippen molar-refractivity contribution in [1.82, 2.24) is 10.2 Å². The normalized spacial score (nSPS) is 19.0. The molecule has 1 aliphatic carbocycles. The van der Waals surface area contributed by atoms with E-state index in [1.165, 1.54) is 11.6 Å². The molecule has 2 unspecified atom stereocenters. The molecule has 0 spiro atoms. The Kier molecular flexibility index (Phi) is 7.14. The van der Waals surface area contributed by atoms with Gasteiger partial charge in [-0.2, -0.15) is 13.2 Å². The van der Waals surface area contributed by atoms with E-state index in [0.717, 1.165) is 42.7 Å². The van der Waals surface area contributed by atoms with Crippen LogP contribution in [-0.4, -0.2) is 36.9 Å². The molecular weight excluding hydrogens is 445 g/mol. The van der Waals surface area contributed by atoms with Crippen molar-refractivity contribution in [2.75, 3.05) is 20.2 Å². The third-order valence-corrected chi connectivity index (χ3v) is 6.75. The number of likely N-dealkylation sites (tertiary alicyclic amines) is 1. The SMILES string of the molecule is COc1ccc2c(c1)CCCC2CC(=O)NC(CN1CCCC1=O)c1cccc(C(F)(F)F)c1. The van der Waals surface area contributed by atoms with Gasteiger partial charge in [0.25, 0.3) is 0 Å². The molecule has 2 aliphatic rings. The van der Waals surface area contributed by atoms with Crippen LogP contribution in [0.4, 0.5) is 13.2 Å². The molecule has 34 heavy (non-hydrogen) atoms. The number of amides is 2. The summed E-state index contributed by atoms with van der Waals surface area (Å²) >= 11 is 0. The van der Waals surface area contributed by atoms with E-state index in [0.29, 0.717) is 24.9 Å². The highest BCUT2D eigenvalue weighted by Gasteiger charge is 2.32. The molecule has 2 atom stereocenters. The zero-order chi connectivity index (χ0) is 24.3. The predicted octanol–water partition coefficient (Wildman–Crippen LogP) is 5.00. The first-order chi connectivity index (χ1) is 16.2. The lowest BCUT2D eigenvalue weighted by Gasteiger charge is -2.28. The summed E-state index contributed by atoms with van der Waals surface area (Å²) < 4.78 is 45.2. The van der Waals surface area contributed by atoms with Crippen LogP contribution in [0.15, 0.2) is 42.5 Å². The van der Waals surface area contributed by atoms with E-state index in [-0.39, 0.29) is 30.7 Å². The van der Waals surface area contributed by atoms with Crippen molar-refractivity contribution < 1.29 is 27.5 Å². The molecule has 0 radical (unpaired) electrons. The van der Waals surface area contributed by atoms with Crippen molar-refractivity contribution in [3.8, 4) is 5.75 Å². The molecule has 1 N–H and O–H groups in total. The number of fused-ring (bicyclic) bond motifs is 1. The van der Waals surface area contributed by atoms with Crippen LogP contribution in [0.3, 0.4) is 0 Å². The molecule has 0 aromatic heterocycles. The number of alkyl halides is 3. The lowest BCUT2D eigenvalue weighted by Crippen LogP contribution is -2.39. The molecule has 1 fully saturated rings. The second kappa shape index (κ2) is 10.1. The number of halogens is 3. The highest BCUT2D eigenvalue weighted by atomic mass is 19.4. The first-order valence-electron chi connectivity index (χ1n) is 11.7. The quantitative estimate of drug-likeness (QED) is 0.614. The molecule has 182 valence electrons. The molecule has 0 saturated carbocycles. The Morgan fingerprint density at radius 2 is 2.00 bits per heavy atom. The standard InChI is InChI=1S/C26H29F3N2O3/c1-34-21-10-11-22-17(14-21)5-2-6-18(22)15-24(32)30-23(16-31-12-4-9-25(31)33)19-7-3-8-20(13-19)26(27,28)29/h3,7-8,10-11,13-14,18,23H,2,4-6,9,12,15-16H2,1H3,(H,30,32). The maximum absolute atomic E-state index is 13.3. The Balaban J connectivity index is 1.53. The number of benzene rings is 2. The van der Waals surface area contributed by atoms with Gasteiger partial charge in [0.05, 0.1) is 18.7 Å². The van der Waals surface area contributed by atoms with Crippen molar-refractivity contribution in [2.45, 2.75) is 56.7 Å². The van der Waals surface area contributed by atoms with Crippen LogP contribution in [0.2, 0.25) is 0 Å². The van der Waals surface area contributed by atoms with Gasteiger partial charge in [0.15, 0.2) is 0 Å². The number of aryl methyl sites for hydroxylation is 1. The van der Waals surface area contributed by atoms with E-state index in [9.17, 15) is 22.8 Å². The van der Waals surface area contributed by atoms with Crippen molar-refractivity contribution in [2.24, 2.45) is 0 Å². The van der Waals surface area contributed by atoms with Gasteiger partial charge in [0.2, 0.25) is 11.8 Å². The molecule has 4 rings (SSSR count). The summed E-state index contributed by atoms with van der Waals surface area (Å²) in [6.07, 6.45) is -0.364. The van der Waals surface area contributed by atoms with Crippen LogP contribution in [-0.2, 0) is 22.2 Å². The first kappa shape index (κ1) is 24.1. The van der Waals surface area contributed by atoms with E-state index < -0.39 is 17.8 Å². The zero-order valence-electron chi connectivity index (χ0n) is 19.2. The summed E-state index contributed by atoms with van der Waals surface area (Å²) in [6.45, 7) is 0.701. The van der Waals surface area contributed by atoms with Gasteiger partial charge in [-0.1, -0.05) is 18.2 Å². The maximum atomic E-state index is 13.3. The van der Waals surface area contributed by atoms with Crippen molar-refractivity contribution in [1.29, 1.82) is 0 Å². The third-order valence-electron chi connectivity index (χ3n) is 6.75. The number of rotatable bonds is 7. The zero-order valence-corrected chi connectivity index (χ0v) is 19.2. The van der Waals surface area contributed by atoms with Crippen LogP contribution >= 0.6 is 0 Å². The van der Waals surface area contributed by atoms with E-state index in [1.807, 2.05) is 18.2 Å². The van der Waals surface area contributed by atoms with Crippen molar-refractivity contribution in [3.05, 3.63) is 64.7 Å². The Morgan fingerprint density at radius 1 is 1.18 bits per heavy atom. The van der Waals surface area contributed by atoms with E-state index in [4.69, 9.17) is 4.74 Å². The van der Waals surface area contributed by atoms with Crippen molar-refractivity contribution >= 4 is 11.8 Å². The number of hydrogen-bond donors (Lipinski definition) is 1. The molecule has 8 heteroatoms. The number of ether oxygens (including phenoxy) is 1. The van der Waals surface area contributed by atoms with Gasteiger partial charge < -0.3 is 15.0 Å². The summed E-state index contributed by atoms with van der Waals surface area (Å²) in [6, 6.07) is 10.2. The molecule has 0 bridgehead atoms. The van der Waals surface area contributed by atoms with Crippen LogP contribution in [0.5, 0.6) is 5.75 Å². The average Bonchev–Trinajstić information content (AvgIpc) is 3.22. The number of hydrogen-bond acceptors (Lipinski definition) is 3. The van der Waals surface area contributed by atoms with Crippen LogP contribution in [0.25, 0.3) is 0 Å². The lowest BCUT2D eigenvalue weighted by atomic mass is 9.81. The maximum Gasteiger partial charge on any atom is 0.416 e. The van der Waals surface area contributed by atoms with E-state index in [2.05, 4.69) is 5.32 Å². The van der Waals surface area contributed by atoms with Gasteiger partial charge >= 0.3 is 6.18 Å². The van der Waals surface area contributed by atoms with Gasteiger partial charge in [-0.3, -0.25) is 9.59 Å². The fourth-order valence-corrected chi connectivity index (χ4v) is 4.99. The van der Waals surface area contributed by atoms with Crippen LogP contribution in [0.1, 0.15) is 66.3 Å². The Morgan fingerprint density at radius 3 is 2.71 bits per heavy atom. The lowest BCUT2D eigenvalue weighted by molar-refractivity contribution is -0.137. The predicted molar refractivity (Wildman–Crippen MR) is 121 cm³/mol. The number of nitrogens with one attached hydrogen (secondary N) is 1. The summed E-state index contributed by atoms with van der Waals surface area (Å²) in [5.74, 6) is 0.540. The Bertz CT molecular complexity index is 1050. The van der Waals surface area contributed by atoms with Gasteiger partial charge in [0.1, 0.15) is 5.75 Å². The average molecular weight is 475 g/mol. The monoisotopic (exact) mass is 474 g/mol. The Hall–Kier alpha value is -3.03. The minimum absolute atomic E-state index is 0.0326. The molecule has 1 aliphatic heterocycles. The van der Waals surface area contributed by atoms with Crippen molar-refractivity contribution in [3.63, 3.8) is 0 Å². The van der Waals surface area contributed by atoms with Gasteiger partial charge in [-0.15, -0.1) is 0 Å². The van der Waals surface area contributed by atoms with Gasteiger partial charge in [0, 0.05) is 25.9 Å². The van der Waals surface area contributed by atoms with Gasteiger partial charge in [-0.25, -0.2) is 0 Å². The van der Waals surface area contributed by atoms with E-state index >= 15 is 0 Å².